The van der Waals surface area contributed by atoms with Crippen molar-refractivity contribution in [1.82, 2.24) is 0 Å². The molecule has 2 nitrogen and oxygen atoms in total. The van der Waals surface area contributed by atoms with Crippen LogP contribution in [0, 0.1) is 41.5 Å². The maximum absolute atomic E-state index is 12.5. The lowest BCUT2D eigenvalue weighted by atomic mass is 10.00. The van der Waals surface area contributed by atoms with E-state index in [-0.39, 0.29) is 5.97 Å². The van der Waals surface area contributed by atoms with Gasteiger partial charge < -0.3 is 4.74 Å². The van der Waals surface area contributed by atoms with Crippen molar-refractivity contribution in [2.75, 3.05) is 0 Å². The molecule has 21 heavy (non-hydrogen) atoms. The molecule has 2 aromatic carbocycles. The molecule has 0 aliphatic carbocycles. The van der Waals surface area contributed by atoms with Gasteiger partial charge >= 0.3 is 5.97 Å². The van der Waals surface area contributed by atoms with Crippen LogP contribution >= 0.6 is 0 Å². The first kappa shape index (κ1) is 15.3. The number of carbonyl (C=O) groups is 1. The van der Waals surface area contributed by atoms with Crippen molar-refractivity contribution in [2.24, 2.45) is 0 Å². The van der Waals surface area contributed by atoms with E-state index in [2.05, 4.69) is 0 Å². The fraction of sp³-hybridized carbons (Fsp3) is 0.316. The second-order valence-electron chi connectivity index (χ2n) is 5.89. The third-order valence-corrected chi connectivity index (χ3v) is 3.68. The summed E-state index contributed by atoms with van der Waals surface area (Å²) in [4.78, 5) is 12.5. The normalized spacial score (nSPS) is 10.6. The van der Waals surface area contributed by atoms with Crippen LogP contribution in [-0.2, 0) is 0 Å². The van der Waals surface area contributed by atoms with E-state index in [9.17, 15) is 4.79 Å². The number of aryl methyl sites for hydroxylation is 6. The third-order valence-electron chi connectivity index (χ3n) is 3.68. The highest BCUT2D eigenvalue weighted by Crippen LogP contribution is 2.26. The third kappa shape index (κ3) is 3.15. The molecular weight excluding hydrogens is 260 g/mol. The Bertz CT molecular complexity index is 665. The molecule has 2 aromatic rings. The molecule has 0 radical (unpaired) electrons. The Balaban J connectivity index is 2.40. The van der Waals surface area contributed by atoms with Crippen molar-refractivity contribution < 1.29 is 9.53 Å². The molecule has 0 heterocycles. The van der Waals surface area contributed by atoms with Gasteiger partial charge in [-0.05, 0) is 63.8 Å². The van der Waals surface area contributed by atoms with Crippen LogP contribution < -0.4 is 4.74 Å². The van der Waals surface area contributed by atoms with E-state index < -0.39 is 0 Å². The Morgan fingerprint density at radius 1 is 0.714 bits per heavy atom. The molecule has 0 fully saturated rings. The quantitative estimate of drug-likeness (QED) is 0.586. The molecule has 0 aromatic heterocycles. The van der Waals surface area contributed by atoms with Gasteiger partial charge in [-0.2, -0.15) is 0 Å². The summed E-state index contributed by atoms with van der Waals surface area (Å²) in [5.74, 6) is 0.394. The summed E-state index contributed by atoms with van der Waals surface area (Å²) in [6.45, 7) is 11.9. The summed E-state index contributed by atoms with van der Waals surface area (Å²) in [7, 11) is 0. The van der Waals surface area contributed by atoms with E-state index in [1.807, 2.05) is 65.8 Å². The molecule has 110 valence electrons. The van der Waals surface area contributed by atoms with Gasteiger partial charge in [0.2, 0.25) is 0 Å². The lowest BCUT2D eigenvalue weighted by Crippen LogP contribution is -2.14. The van der Waals surface area contributed by atoms with Crippen LogP contribution in [0.3, 0.4) is 0 Å². The molecule has 0 bridgehead atoms. The fourth-order valence-corrected chi connectivity index (χ4v) is 2.97. The minimum Gasteiger partial charge on any atom is -0.422 e. The summed E-state index contributed by atoms with van der Waals surface area (Å²) in [5, 5.41) is 0. The lowest BCUT2D eigenvalue weighted by molar-refractivity contribution is 0.0730. The molecule has 0 unspecified atom stereocenters. The monoisotopic (exact) mass is 282 g/mol. The molecule has 0 saturated heterocycles. The number of ether oxygens (including phenoxy) is 1. The van der Waals surface area contributed by atoms with Crippen LogP contribution in [0.2, 0.25) is 0 Å². The van der Waals surface area contributed by atoms with Gasteiger partial charge in [0.15, 0.2) is 0 Å². The first-order valence-corrected chi connectivity index (χ1v) is 7.17. The zero-order valence-corrected chi connectivity index (χ0v) is 13.6. The van der Waals surface area contributed by atoms with Crippen LogP contribution in [0.5, 0.6) is 5.75 Å². The maximum atomic E-state index is 12.5. The van der Waals surface area contributed by atoms with Crippen LogP contribution in [0.1, 0.15) is 43.7 Å². The second-order valence-corrected chi connectivity index (χ2v) is 5.89. The van der Waals surface area contributed by atoms with Gasteiger partial charge in [-0.25, -0.2) is 4.79 Å². The van der Waals surface area contributed by atoms with Gasteiger partial charge in [0.05, 0.1) is 5.56 Å². The average molecular weight is 282 g/mol. The Labute approximate surface area is 126 Å². The minimum absolute atomic E-state index is 0.278. The number of carbonyl (C=O) groups excluding carboxylic acids is 1. The highest BCUT2D eigenvalue weighted by atomic mass is 16.5. The maximum Gasteiger partial charge on any atom is 0.344 e. The minimum atomic E-state index is -0.278. The van der Waals surface area contributed by atoms with Crippen LogP contribution in [0.25, 0.3) is 0 Å². The summed E-state index contributed by atoms with van der Waals surface area (Å²) in [6, 6.07) is 8.09. The lowest BCUT2D eigenvalue weighted by Gasteiger charge is -2.14. The zero-order valence-electron chi connectivity index (χ0n) is 13.6. The van der Waals surface area contributed by atoms with E-state index in [1.165, 1.54) is 5.56 Å². The summed E-state index contributed by atoms with van der Waals surface area (Å²) >= 11 is 0. The van der Waals surface area contributed by atoms with Crippen molar-refractivity contribution in [2.45, 2.75) is 41.5 Å². The molecule has 0 saturated carbocycles. The van der Waals surface area contributed by atoms with E-state index in [0.717, 1.165) is 27.8 Å². The van der Waals surface area contributed by atoms with Crippen LogP contribution in [0.4, 0.5) is 0 Å². The molecule has 0 aliphatic heterocycles. The highest BCUT2D eigenvalue weighted by Gasteiger charge is 2.17. The first-order valence-electron chi connectivity index (χ1n) is 7.17. The van der Waals surface area contributed by atoms with Crippen molar-refractivity contribution >= 4 is 5.97 Å². The highest BCUT2D eigenvalue weighted by molar-refractivity contribution is 5.94. The number of hydrogen-bond donors (Lipinski definition) is 0. The molecule has 0 spiro atoms. The van der Waals surface area contributed by atoms with Crippen molar-refractivity contribution in [3.63, 3.8) is 0 Å². The average Bonchev–Trinajstić information content (AvgIpc) is 2.32. The molecule has 2 heteroatoms. The van der Waals surface area contributed by atoms with E-state index >= 15 is 0 Å². The SMILES string of the molecule is Cc1cc(C)c(OC(=O)c2c(C)cc(C)cc2C)c(C)c1. The summed E-state index contributed by atoms with van der Waals surface area (Å²) < 4.78 is 5.68. The van der Waals surface area contributed by atoms with Crippen LogP contribution in [-0.4, -0.2) is 5.97 Å². The standard InChI is InChI=1S/C19H22O2/c1-11-7-13(3)17(14(4)8-11)19(20)21-18-15(5)9-12(2)10-16(18)6/h7-10H,1-6H3. The van der Waals surface area contributed by atoms with Gasteiger partial charge in [-0.3, -0.25) is 0 Å². The Morgan fingerprint density at radius 2 is 1.10 bits per heavy atom. The molecule has 0 N–H and O–H groups in total. The van der Waals surface area contributed by atoms with Crippen molar-refractivity contribution in [3.8, 4) is 5.75 Å². The molecular formula is C19H22O2. The van der Waals surface area contributed by atoms with E-state index in [0.29, 0.717) is 11.3 Å². The Kier molecular flexibility index (Phi) is 4.17. The van der Waals surface area contributed by atoms with Gasteiger partial charge in [-0.15, -0.1) is 0 Å². The molecule has 0 atom stereocenters. The number of benzene rings is 2. The molecule has 2 rings (SSSR count). The first-order chi connectivity index (χ1) is 9.79. The Hall–Kier alpha value is -2.09. The Morgan fingerprint density at radius 3 is 1.52 bits per heavy atom. The van der Waals surface area contributed by atoms with Gasteiger partial charge in [-0.1, -0.05) is 35.4 Å². The van der Waals surface area contributed by atoms with E-state index in [4.69, 9.17) is 4.74 Å². The van der Waals surface area contributed by atoms with E-state index in [1.54, 1.807) is 0 Å². The molecule has 0 aliphatic rings. The van der Waals surface area contributed by atoms with Gasteiger partial charge in [0.25, 0.3) is 0 Å². The smallest absolute Gasteiger partial charge is 0.344 e. The predicted molar refractivity (Wildman–Crippen MR) is 86.3 cm³/mol. The fourth-order valence-electron chi connectivity index (χ4n) is 2.97. The summed E-state index contributed by atoms with van der Waals surface area (Å²) in [6.07, 6.45) is 0. The second kappa shape index (κ2) is 5.72. The number of rotatable bonds is 2. The largest absolute Gasteiger partial charge is 0.422 e. The number of esters is 1. The van der Waals surface area contributed by atoms with Crippen molar-refractivity contribution in [1.29, 1.82) is 0 Å². The number of hydrogen-bond acceptors (Lipinski definition) is 2. The summed E-state index contributed by atoms with van der Waals surface area (Å²) in [5.41, 5.74) is 6.89. The van der Waals surface area contributed by atoms with Crippen LogP contribution in [0.15, 0.2) is 24.3 Å². The topological polar surface area (TPSA) is 26.3 Å². The van der Waals surface area contributed by atoms with Gasteiger partial charge in [0.1, 0.15) is 5.75 Å². The zero-order chi connectivity index (χ0) is 15.7. The molecule has 0 amide bonds. The predicted octanol–water partition coefficient (Wildman–Crippen LogP) is 4.76. The van der Waals surface area contributed by atoms with Gasteiger partial charge in [0, 0.05) is 0 Å². The van der Waals surface area contributed by atoms with Crippen molar-refractivity contribution in [3.05, 3.63) is 63.2 Å².